The van der Waals surface area contributed by atoms with Crippen LogP contribution >= 0.6 is 11.6 Å². The van der Waals surface area contributed by atoms with Crippen LogP contribution in [0.25, 0.3) is 0 Å². The molecule has 0 aliphatic heterocycles. The molecular formula is C14H25ClN4O. The SMILES string of the molecule is CCN(CC)CCCNC(=O)Cn1nc(C)c(Cl)c1C. The third kappa shape index (κ3) is 4.80. The lowest BCUT2D eigenvalue weighted by Gasteiger charge is -2.17. The van der Waals surface area contributed by atoms with Crippen LogP contribution in [-0.4, -0.2) is 46.8 Å². The largest absolute Gasteiger partial charge is 0.354 e. The lowest BCUT2D eigenvalue weighted by Crippen LogP contribution is -2.32. The standard InChI is InChI=1S/C14H25ClN4O/c1-5-18(6-2)9-7-8-16-13(20)10-19-12(4)14(15)11(3)17-19/h5-10H2,1-4H3,(H,16,20). The Balaban J connectivity index is 2.32. The summed E-state index contributed by atoms with van der Waals surface area (Å²) in [5, 5.41) is 7.81. The fourth-order valence-corrected chi connectivity index (χ4v) is 2.23. The molecule has 0 aliphatic rings. The van der Waals surface area contributed by atoms with Gasteiger partial charge in [-0.25, -0.2) is 0 Å². The van der Waals surface area contributed by atoms with E-state index in [0.29, 0.717) is 11.6 Å². The maximum Gasteiger partial charge on any atom is 0.241 e. The van der Waals surface area contributed by atoms with Crippen LogP contribution in [0.3, 0.4) is 0 Å². The molecule has 0 fully saturated rings. The number of aromatic nitrogens is 2. The summed E-state index contributed by atoms with van der Waals surface area (Å²) < 4.78 is 1.65. The van der Waals surface area contributed by atoms with Crippen molar-refractivity contribution in [3.8, 4) is 0 Å². The Morgan fingerprint density at radius 2 is 2.00 bits per heavy atom. The summed E-state index contributed by atoms with van der Waals surface area (Å²) >= 11 is 6.05. The van der Waals surface area contributed by atoms with Crippen LogP contribution in [0.15, 0.2) is 0 Å². The van der Waals surface area contributed by atoms with E-state index in [0.717, 1.165) is 37.4 Å². The minimum atomic E-state index is -0.0215. The fraction of sp³-hybridized carbons (Fsp3) is 0.714. The van der Waals surface area contributed by atoms with Crippen LogP contribution in [0, 0.1) is 13.8 Å². The Morgan fingerprint density at radius 3 is 2.50 bits per heavy atom. The number of hydrogen-bond donors (Lipinski definition) is 1. The average Bonchev–Trinajstić information content (AvgIpc) is 2.66. The highest BCUT2D eigenvalue weighted by atomic mass is 35.5. The summed E-state index contributed by atoms with van der Waals surface area (Å²) in [5.41, 5.74) is 1.60. The van der Waals surface area contributed by atoms with E-state index in [4.69, 9.17) is 11.6 Å². The first-order valence-electron chi connectivity index (χ1n) is 7.18. The Bertz CT molecular complexity index is 441. The first-order valence-corrected chi connectivity index (χ1v) is 7.55. The third-order valence-electron chi connectivity index (χ3n) is 3.45. The molecule has 1 aromatic rings. The fourth-order valence-electron chi connectivity index (χ4n) is 2.09. The van der Waals surface area contributed by atoms with Gasteiger partial charge in [-0.05, 0) is 39.9 Å². The normalized spacial score (nSPS) is 11.1. The van der Waals surface area contributed by atoms with Gasteiger partial charge in [-0.1, -0.05) is 25.4 Å². The van der Waals surface area contributed by atoms with Gasteiger partial charge in [0.2, 0.25) is 5.91 Å². The van der Waals surface area contributed by atoms with Gasteiger partial charge in [0, 0.05) is 6.54 Å². The van der Waals surface area contributed by atoms with Gasteiger partial charge in [0.25, 0.3) is 0 Å². The molecule has 0 saturated carbocycles. The zero-order valence-corrected chi connectivity index (χ0v) is 13.6. The molecule has 5 nitrogen and oxygen atoms in total. The van der Waals surface area contributed by atoms with Crippen molar-refractivity contribution < 1.29 is 4.79 Å². The first-order chi connectivity index (χ1) is 9.49. The van der Waals surface area contributed by atoms with Crippen LogP contribution in [0.5, 0.6) is 0 Å². The summed E-state index contributed by atoms with van der Waals surface area (Å²) in [7, 11) is 0. The van der Waals surface area contributed by atoms with Crippen molar-refractivity contribution >= 4 is 17.5 Å². The maximum absolute atomic E-state index is 11.8. The molecule has 1 rings (SSSR count). The Morgan fingerprint density at radius 1 is 1.35 bits per heavy atom. The Labute approximate surface area is 126 Å². The molecule has 0 bridgehead atoms. The smallest absolute Gasteiger partial charge is 0.241 e. The molecule has 20 heavy (non-hydrogen) atoms. The number of carbonyl (C=O) groups is 1. The number of amides is 1. The summed E-state index contributed by atoms with van der Waals surface area (Å²) in [6.07, 6.45) is 0.964. The van der Waals surface area contributed by atoms with Gasteiger partial charge < -0.3 is 10.2 Å². The lowest BCUT2D eigenvalue weighted by atomic mass is 10.3. The van der Waals surface area contributed by atoms with E-state index in [2.05, 4.69) is 29.2 Å². The van der Waals surface area contributed by atoms with Gasteiger partial charge in [0.1, 0.15) is 6.54 Å². The molecule has 1 aromatic heterocycles. The predicted molar refractivity (Wildman–Crippen MR) is 82.1 cm³/mol. The van der Waals surface area contributed by atoms with Crippen LogP contribution in [0.2, 0.25) is 5.02 Å². The van der Waals surface area contributed by atoms with Gasteiger partial charge in [-0.3, -0.25) is 9.48 Å². The molecule has 1 N–H and O–H groups in total. The first kappa shape index (κ1) is 17.0. The van der Waals surface area contributed by atoms with Crippen LogP contribution in [-0.2, 0) is 11.3 Å². The van der Waals surface area contributed by atoms with E-state index in [1.165, 1.54) is 0 Å². The summed E-state index contributed by atoms with van der Waals surface area (Å²) in [6.45, 7) is 12.0. The number of hydrogen-bond acceptors (Lipinski definition) is 3. The van der Waals surface area contributed by atoms with E-state index in [-0.39, 0.29) is 12.5 Å². The summed E-state index contributed by atoms with van der Waals surface area (Å²) in [4.78, 5) is 14.2. The number of nitrogens with one attached hydrogen (secondary N) is 1. The molecule has 0 atom stereocenters. The second-order valence-electron chi connectivity index (χ2n) is 4.87. The highest BCUT2D eigenvalue weighted by Crippen LogP contribution is 2.18. The molecule has 6 heteroatoms. The van der Waals surface area contributed by atoms with Crippen LogP contribution in [0.4, 0.5) is 0 Å². The minimum Gasteiger partial charge on any atom is -0.354 e. The molecule has 0 unspecified atom stereocenters. The van der Waals surface area contributed by atoms with Crippen molar-refractivity contribution in [1.29, 1.82) is 0 Å². The molecule has 114 valence electrons. The molecule has 0 aromatic carbocycles. The topological polar surface area (TPSA) is 50.2 Å². The van der Waals surface area contributed by atoms with Crippen molar-refractivity contribution in [3.63, 3.8) is 0 Å². The summed E-state index contributed by atoms with van der Waals surface area (Å²) in [6, 6.07) is 0. The van der Waals surface area contributed by atoms with E-state index >= 15 is 0 Å². The van der Waals surface area contributed by atoms with Gasteiger partial charge >= 0.3 is 0 Å². The van der Waals surface area contributed by atoms with E-state index in [9.17, 15) is 4.79 Å². The molecule has 1 amide bonds. The second kappa shape index (κ2) is 8.27. The van der Waals surface area contributed by atoms with E-state index in [1.807, 2.05) is 13.8 Å². The number of halogens is 1. The molecule has 0 radical (unpaired) electrons. The quantitative estimate of drug-likeness (QED) is 0.747. The van der Waals surface area contributed by atoms with Crippen molar-refractivity contribution in [2.24, 2.45) is 0 Å². The molecular weight excluding hydrogens is 276 g/mol. The highest BCUT2D eigenvalue weighted by Gasteiger charge is 2.11. The van der Waals surface area contributed by atoms with Crippen LogP contribution in [0.1, 0.15) is 31.7 Å². The predicted octanol–water partition coefficient (Wildman–Crippen LogP) is 2.00. The molecule has 0 saturated heterocycles. The van der Waals surface area contributed by atoms with Crippen molar-refractivity contribution in [3.05, 3.63) is 16.4 Å². The number of rotatable bonds is 8. The maximum atomic E-state index is 11.8. The Kier molecular flexibility index (Phi) is 7.02. The zero-order chi connectivity index (χ0) is 15.1. The van der Waals surface area contributed by atoms with Gasteiger partial charge in [-0.2, -0.15) is 5.10 Å². The zero-order valence-electron chi connectivity index (χ0n) is 12.9. The van der Waals surface area contributed by atoms with Gasteiger partial charge in [0.05, 0.1) is 16.4 Å². The van der Waals surface area contributed by atoms with Crippen molar-refractivity contribution in [2.45, 2.75) is 40.7 Å². The van der Waals surface area contributed by atoms with Crippen molar-refractivity contribution in [2.75, 3.05) is 26.2 Å². The van der Waals surface area contributed by atoms with Crippen molar-refractivity contribution in [1.82, 2.24) is 20.0 Å². The summed E-state index contributed by atoms with van der Waals surface area (Å²) in [5.74, 6) is -0.0215. The van der Waals surface area contributed by atoms with Gasteiger partial charge in [0.15, 0.2) is 0 Å². The van der Waals surface area contributed by atoms with E-state index < -0.39 is 0 Å². The second-order valence-corrected chi connectivity index (χ2v) is 5.25. The molecule has 0 spiro atoms. The molecule has 1 heterocycles. The number of aryl methyl sites for hydroxylation is 1. The highest BCUT2D eigenvalue weighted by molar-refractivity contribution is 6.31. The van der Waals surface area contributed by atoms with Crippen LogP contribution < -0.4 is 5.32 Å². The average molecular weight is 301 g/mol. The van der Waals surface area contributed by atoms with Gasteiger partial charge in [-0.15, -0.1) is 0 Å². The lowest BCUT2D eigenvalue weighted by molar-refractivity contribution is -0.121. The number of nitrogens with zero attached hydrogens (tertiary/aromatic N) is 3. The Hall–Kier alpha value is -1.07. The monoisotopic (exact) mass is 300 g/mol. The minimum absolute atomic E-state index is 0.0215. The van der Waals surface area contributed by atoms with E-state index in [1.54, 1.807) is 4.68 Å². The molecule has 0 aliphatic carbocycles. The number of carbonyl (C=O) groups excluding carboxylic acids is 1. The third-order valence-corrected chi connectivity index (χ3v) is 4.00.